The van der Waals surface area contributed by atoms with Crippen LogP contribution in [-0.4, -0.2) is 19.0 Å². The van der Waals surface area contributed by atoms with E-state index in [1.165, 1.54) is 23.3 Å². The van der Waals surface area contributed by atoms with Gasteiger partial charge in [-0.1, -0.05) is 18.2 Å². The van der Waals surface area contributed by atoms with Crippen LogP contribution in [0.25, 0.3) is 0 Å². The molecule has 1 aromatic heterocycles. The van der Waals surface area contributed by atoms with Gasteiger partial charge in [-0.25, -0.2) is 0 Å². The van der Waals surface area contributed by atoms with Gasteiger partial charge in [-0.3, -0.25) is 4.79 Å². The summed E-state index contributed by atoms with van der Waals surface area (Å²) in [5.74, 6) is 0.717. The predicted molar refractivity (Wildman–Crippen MR) is 86.7 cm³/mol. The van der Waals surface area contributed by atoms with Crippen molar-refractivity contribution < 1.29 is 4.79 Å². The first-order valence-electron chi connectivity index (χ1n) is 7.39. The molecule has 1 fully saturated rings. The van der Waals surface area contributed by atoms with Crippen LogP contribution in [0.15, 0.2) is 41.8 Å². The number of hydrogen-bond donors (Lipinski definition) is 2. The Balaban J connectivity index is 1.92. The Bertz CT molecular complexity index is 586. The molecule has 3 rings (SSSR count). The van der Waals surface area contributed by atoms with Crippen molar-refractivity contribution in [1.29, 1.82) is 0 Å². The van der Waals surface area contributed by atoms with Gasteiger partial charge in [-0.2, -0.15) is 0 Å². The summed E-state index contributed by atoms with van der Waals surface area (Å²) in [6.45, 7) is 2.18. The highest BCUT2D eigenvalue weighted by atomic mass is 32.1. The lowest BCUT2D eigenvalue weighted by Crippen LogP contribution is -2.31. The quantitative estimate of drug-likeness (QED) is 0.912. The minimum Gasteiger partial charge on any atom is -0.366 e. The number of hydrogen-bond acceptors (Lipinski definition) is 3. The fourth-order valence-corrected chi connectivity index (χ4v) is 4.12. The van der Waals surface area contributed by atoms with E-state index in [4.69, 9.17) is 5.73 Å². The van der Waals surface area contributed by atoms with Gasteiger partial charge in [0, 0.05) is 16.4 Å². The molecule has 1 amide bonds. The third kappa shape index (κ3) is 3.17. The average Bonchev–Trinajstić information content (AvgIpc) is 3.03. The highest BCUT2D eigenvalue weighted by Gasteiger charge is 2.27. The maximum absolute atomic E-state index is 11.2. The molecule has 2 heterocycles. The largest absolute Gasteiger partial charge is 0.366 e. The van der Waals surface area contributed by atoms with Gasteiger partial charge in [-0.15, -0.1) is 11.3 Å². The molecule has 110 valence electrons. The fourth-order valence-electron chi connectivity index (χ4n) is 3.17. The highest BCUT2D eigenvalue weighted by molar-refractivity contribution is 7.10. The Kier molecular flexibility index (Phi) is 4.36. The number of thiophene rings is 1. The molecule has 1 unspecified atom stereocenters. The summed E-state index contributed by atoms with van der Waals surface area (Å²) in [5, 5.41) is 5.57. The van der Waals surface area contributed by atoms with Crippen LogP contribution in [0.1, 0.15) is 39.6 Å². The Labute approximate surface area is 129 Å². The maximum Gasteiger partial charge on any atom is 0.248 e. The van der Waals surface area contributed by atoms with E-state index in [-0.39, 0.29) is 5.91 Å². The molecule has 1 atom stereocenters. The van der Waals surface area contributed by atoms with Gasteiger partial charge in [0.05, 0.1) is 0 Å². The molecule has 0 aliphatic carbocycles. The predicted octanol–water partition coefficient (Wildman–Crippen LogP) is 2.98. The summed E-state index contributed by atoms with van der Waals surface area (Å²) in [7, 11) is 0. The SMILES string of the molecule is NC(=O)c1ccc(C(c2cccs2)C2CCNCC2)cc1. The maximum atomic E-state index is 11.2. The number of amides is 1. The molecule has 1 saturated heterocycles. The van der Waals surface area contributed by atoms with Crippen molar-refractivity contribution in [3.8, 4) is 0 Å². The van der Waals surface area contributed by atoms with E-state index in [1.54, 1.807) is 0 Å². The molecule has 2 aromatic rings. The zero-order chi connectivity index (χ0) is 14.7. The average molecular weight is 300 g/mol. The Hall–Kier alpha value is -1.65. The van der Waals surface area contributed by atoms with Gasteiger partial charge in [-0.05, 0) is 61.0 Å². The summed E-state index contributed by atoms with van der Waals surface area (Å²) in [6.07, 6.45) is 2.39. The Morgan fingerprint density at radius 2 is 1.90 bits per heavy atom. The van der Waals surface area contributed by atoms with Crippen LogP contribution in [0.4, 0.5) is 0 Å². The molecule has 3 nitrogen and oxygen atoms in total. The lowest BCUT2D eigenvalue weighted by Gasteiger charge is -2.30. The summed E-state index contributed by atoms with van der Waals surface area (Å²) in [4.78, 5) is 12.6. The first-order valence-corrected chi connectivity index (χ1v) is 8.27. The van der Waals surface area contributed by atoms with Crippen LogP contribution in [0.5, 0.6) is 0 Å². The smallest absolute Gasteiger partial charge is 0.248 e. The zero-order valence-corrected chi connectivity index (χ0v) is 12.7. The molecular weight excluding hydrogens is 280 g/mol. The summed E-state index contributed by atoms with van der Waals surface area (Å²) in [5.41, 5.74) is 7.20. The van der Waals surface area contributed by atoms with E-state index >= 15 is 0 Å². The first-order chi connectivity index (χ1) is 10.3. The van der Waals surface area contributed by atoms with Crippen LogP contribution >= 0.6 is 11.3 Å². The number of rotatable bonds is 4. The van der Waals surface area contributed by atoms with E-state index in [9.17, 15) is 4.79 Å². The zero-order valence-electron chi connectivity index (χ0n) is 11.9. The molecular formula is C17H20N2OS. The highest BCUT2D eigenvalue weighted by Crippen LogP contribution is 2.38. The third-order valence-corrected chi connectivity index (χ3v) is 5.21. The van der Waals surface area contributed by atoms with Crippen LogP contribution in [0, 0.1) is 5.92 Å². The minimum absolute atomic E-state index is 0.365. The van der Waals surface area contributed by atoms with E-state index < -0.39 is 0 Å². The molecule has 0 bridgehead atoms. The van der Waals surface area contributed by atoms with Gasteiger partial charge in [0.25, 0.3) is 0 Å². The molecule has 1 aliphatic rings. The van der Waals surface area contributed by atoms with Gasteiger partial charge in [0.1, 0.15) is 0 Å². The summed E-state index contributed by atoms with van der Waals surface area (Å²) < 4.78 is 0. The molecule has 21 heavy (non-hydrogen) atoms. The molecule has 1 aliphatic heterocycles. The summed E-state index contributed by atoms with van der Waals surface area (Å²) in [6, 6.07) is 12.2. The Morgan fingerprint density at radius 1 is 1.19 bits per heavy atom. The second kappa shape index (κ2) is 6.41. The van der Waals surface area contributed by atoms with E-state index in [0.29, 0.717) is 17.4 Å². The number of piperidine rings is 1. The molecule has 0 radical (unpaired) electrons. The van der Waals surface area contributed by atoms with Crippen molar-refractivity contribution >= 4 is 17.2 Å². The number of nitrogens with two attached hydrogens (primary N) is 1. The number of benzene rings is 1. The van der Waals surface area contributed by atoms with Gasteiger partial charge in [0.15, 0.2) is 0 Å². The topological polar surface area (TPSA) is 55.1 Å². The lowest BCUT2D eigenvalue weighted by atomic mass is 9.79. The first kappa shape index (κ1) is 14.3. The Morgan fingerprint density at radius 3 is 2.48 bits per heavy atom. The van der Waals surface area contributed by atoms with Crippen LogP contribution < -0.4 is 11.1 Å². The minimum atomic E-state index is -0.365. The van der Waals surface area contributed by atoms with Crippen molar-refractivity contribution in [3.63, 3.8) is 0 Å². The van der Waals surface area contributed by atoms with E-state index in [2.05, 4.69) is 35.0 Å². The lowest BCUT2D eigenvalue weighted by molar-refractivity contribution is 0.100. The second-order valence-electron chi connectivity index (χ2n) is 5.57. The summed E-state index contributed by atoms with van der Waals surface area (Å²) >= 11 is 1.82. The van der Waals surface area contributed by atoms with Gasteiger partial charge in [0.2, 0.25) is 5.91 Å². The molecule has 1 aromatic carbocycles. The van der Waals surface area contributed by atoms with Crippen LogP contribution in [0.2, 0.25) is 0 Å². The van der Waals surface area contributed by atoms with Crippen molar-refractivity contribution in [1.82, 2.24) is 5.32 Å². The number of carbonyl (C=O) groups excluding carboxylic acids is 1. The molecule has 4 heteroatoms. The number of carbonyl (C=O) groups is 1. The second-order valence-corrected chi connectivity index (χ2v) is 6.55. The molecule has 0 spiro atoms. The number of primary amides is 1. The van der Waals surface area contributed by atoms with Crippen molar-refractivity contribution in [2.45, 2.75) is 18.8 Å². The normalized spacial score (nSPS) is 17.5. The monoisotopic (exact) mass is 300 g/mol. The van der Waals surface area contributed by atoms with Crippen molar-refractivity contribution in [3.05, 3.63) is 57.8 Å². The van der Waals surface area contributed by atoms with E-state index in [1.807, 2.05) is 23.5 Å². The standard InChI is InChI=1S/C17H20N2OS/c18-17(20)14-5-3-12(4-6-14)16(15-2-1-11-21-15)13-7-9-19-10-8-13/h1-6,11,13,16,19H,7-10H2,(H2,18,20). The molecule has 3 N–H and O–H groups in total. The fraction of sp³-hybridized carbons (Fsp3) is 0.353. The van der Waals surface area contributed by atoms with Crippen molar-refractivity contribution in [2.75, 3.05) is 13.1 Å². The van der Waals surface area contributed by atoms with Gasteiger partial charge >= 0.3 is 0 Å². The van der Waals surface area contributed by atoms with Crippen molar-refractivity contribution in [2.24, 2.45) is 11.7 Å². The molecule has 0 saturated carbocycles. The van der Waals surface area contributed by atoms with Crippen LogP contribution in [0.3, 0.4) is 0 Å². The number of nitrogens with one attached hydrogen (secondary N) is 1. The van der Waals surface area contributed by atoms with Gasteiger partial charge < -0.3 is 11.1 Å². The van der Waals surface area contributed by atoms with Crippen LogP contribution in [-0.2, 0) is 0 Å². The van der Waals surface area contributed by atoms with E-state index in [0.717, 1.165) is 13.1 Å². The third-order valence-electron chi connectivity index (χ3n) is 4.26.